The minimum atomic E-state index is 0.415. The smallest absolute Gasteiger partial charge is 0.153 e. The van der Waals surface area contributed by atoms with Crippen molar-refractivity contribution in [1.82, 2.24) is 15.2 Å². The van der Waals surface area contributed by atoms with Crippen molar-refractivity contribution in [1.29, 1.82) is 0 Å². The number of anilines is 1. The Hall–Kier alpha value is -1.97. The first-order chi connectivity index (χ1) is 7.18. The van der Waals surface area contributed by atoms with E-state index in [1.807, 2.05) is 26.0 Å². The van der Waals surface area contributed by atoms with Gasteiger partial charge in [0.15, 0.2) is 5.82 Å². The monoisotopic (exact) mass is 200 g/mol. The van der Waals surface area contributed by atoms with Crippen LogP contribution in [0.15, 0.2) is 24.5 Å². The van der Waals surface area contributed by atoms with E-state index in [0.29, 0.717) is 11.5 Å². The predicted octanol–water partition coefficient (Wildman–Crippen LogP) is 1.74. The van der Waals surface area contributed by atoms with Gasteiger partial charge < -0.3 is 5.73 Å². The van der Waals surface area contributed by atoms with E-state index >= 15 is 0 Å². The van der Waals surface area contributed by atoms with Gasteiger partial charge in [0.25, 0.3) is 0 Å². The highest BCUT2D eigenvalue weighted by atomic mass is 15.1. The Balaban J connectivity index is 2.64. The summed E-state index contributed by atoms with van der Waals surface area (Å²) in [7, 11) is 0. The van der Waals surface area contributed by atoms with Gasteiger partial charge in [0.05, 0.1) is 0 Å². The molecule has 1 aromatic carbocycles. The second-order valence-electron chi connectivity index (χ2n) is 3.51. The zero-order valence-corrected chi connectivity index (χ0v) is 8.73. The second-order valence-corrected chi connectivity index (χ2v) is 3.51. The van der Waals surface area contributed by atoms with Crippen molar-refractivity contribution in [2.75, 3.05) is 5.73 Å². The molecule has 0 saturated heterocycles. The molecule has 0 radical (unpaired) electrons. The number of nitrogens with two attached hydrogens (primary N) is 1. The quantitative estimate of drug-likeness (QED) is 0.761. The van der Waals surface area contributed by atoms with Crippen molar-refractivity contribution < 1.29 is 0 Å². The lowest BCUT2D eigenvalue weighted by atomic mass is 10.0. The highest BCUT2D eigenvalue weighted by Crippen LogP contribution is 2.25. The van der Waals surface area contributed by atoms with Gasteiger partial charge in [-0.1, -0.05) is 17.7 Å². The van der Waals surface area contributed by atoms with Crippen LogP contribution in [-0.4, -0.2) is 15.2 Å². The fourth-order valence-corrected chi connectivity index (χ4v) is 1.47. The molecule has 0 saturated carbocycles. The van der Waals surface area contributed by atoms with Gasteiger partial charge in [0, 0.05) is 5.56 Å². The first-order valence-corrected chi connectivity index (χ1v) is 4.69. The van der Waals surface area contributed by atoms with Gasteiger partial charge in [-0.15, -0.1) is 10.2 Å². The molecule has 4 heteroatoms. The Morgan fingerprint density at radius 2 is 2.00 bits per heavy atom. The number of hydrogen-bond donors (Lipinski definition) is 1. The molecule has 0 aliphatic carbocycles. The highest BCUT2D eigenvalue weighted by Gasteiger charge is 2.08. The standard InChI is InChI=1S/C11H12N4/c1-7-3-4-8(2)9(5-7)10-11(12)13-6-14-15-10/h3-6H,1-2H3,(H2,12,13,14). The zero-order chi connectivity index (χ0) is 10.8. The van der Waals surface area contributed by atoms with E-state index in [9.17, 15) is 0 Å². The van der Waals surface area contributed by atoms with Crippen LogP contribution in [0.3, 0.4) is 0 Å². The molecule has 0 fully saturated rings. The van der Waals surface area contributed by atoms with E-state index in [0.717, 1.165) is 11.1 Å². The number of aryl methyl sites for hydroxylation is 2. The highest BCUT2D eigenvalue weighted by molar-refractivity contribution is 5.72. The SMILES string of the molecule is Cc1ccc(C)c(-c2nncnc2N)c1. The molecule has 0 bridgehead atoms. The van der Waals surface area contributed by atoms with E-state index in [-0.39, 0.29) is 0 Å². The Kier molecular flexibility index (Phi) is 2.33. The molecule has 4 nitrogen and oxygen atoms in total. The second kappa shape index (κ2) is 3.65. The van der Waals surface area contributed by atoms with Crippen molar-refractivity contribution in [3.8, 4) is 11.3 Å². The summed E-state index contributed by atoms with van der Waals surface area (Å²) in [5.74, 6) is 0.415. The number of rotatable bonds is 1. The van der Waals surface area contributed by atoms with Crippen molar-refractivity contribution in [3.63, 3.8) is 0 Å². The summed E-state index contributed by atoms with van der Waals surface area (Å²) in [6, 6.07) is 6.13. The fourth-order valence-electron chi connectivity index (χ4n) is 1.47. The first kappa shape index (κ1) is 9.58. The van der Waals surface area contributed by atoms with Crippen LogP contribution in [0.4, 0.5) is 5.82 Å². The first-order valence-electron chi connectivity index (χ1n) is 4.69. The number of nitrogen functional groups attached to an aromatic ring is 1. The molecular formula is C11H12N4. The minimum absolute atomic E-state index is 0.415. The van der Waals surface area contributed by atoms with E-state index in [1.165, 1.54) is 11.9 Å². The lowest BCUT2D eigenvalue weighted by molar-refractivity contribution is 0.981. The topological polar surface area (TPSA) is 64.7 Å². The third kappa shape index (κ3) is 1.79. The van der Waals surface area contributed by atoms with Crippen LogP contribution in [-0.2, 0) is 0 Å². The Morgan fingerprint density at radius 1 is 1.20 bits per heavy atom. The molecule has 0 aliphatic rings. The molecule has 2 rings (SSSR count). The Bertz CT molecular complexity index is 494. The minimum Gasteiger partial charge on any atom is -0.382 e. The number of aromatic nitrogens is 3. The van der Waals surface area contributed by atoms with E-state index in [1.54, 1.807) is 0 Å². The van der Waals surface area contributed by atoms with Gasteiger partial charge in [0.1, 0.15) is 12.0 Å². The largest absolute Gasteiger partial charge is 0.382 e. The molecule has 0 amide bonds. The average Bonchev–Trinajstić information content (AvgIpc) is 2.23. The zero-order valence-electron chi connectivity index (χ0n) is 8.73. The molecule has 76 valence electrons. The van der Waals surface area contributed by atoms with E-state index < -0.39 is 0 Å². The molecule has 0 spiro atoms. The summed E-state index contributed by atoms with van der Waals surface area (Å²) in [6.07, 6.45) is 1.35. The molecular weight excluding hydrogens is 188 g/mol. The molecule has 0 aliphatic heterocycles. The van der Waals surface area contributed by atoms with Crippen LogP contribution in [0, 0.1) is 13.8 Å². The third-order valence-corrected chi connectivity index (χ3v) is 2.30. The van der Waals surface area contributed by atoms with Gasteiger partial charge in [0.2, 0.25) is 0 Å². The van der Waals surface area contributed by atoms with E-state index in [2.05, 4.69) is 21.2 Å². The summed E-state index contributed by atoms with van der Waals surface area (Å²) in [4.78, 5) is 3.93. The third-order valence-electron chi connectivity index (χ3n) is 2.30. The summed E-state index contributed by atoms with van der Waals surface area (Å²) >= 11 is 0. The molecule has 0 atom stereocenters. The maximum Gasteiger partial charge on any atom is 0.153 e. The molecule has 1 heterocycles. The summed E-state index contributed by atoms with van der Waals surface area (Å²) in [6.45, 7) is 4.05. The van der Waals surface area contributed by atoms with Crippen molar-refractivity contribution in [2.24, 2.45) is 0 Å². The molecule has 0 unspecified atom stereocenters. The number of hydrogen-bond acceptors (Lipinski definition) is 4. The summed E-state index contributed by atoms with van der Waals surface area (Å²) in [5, 5.41) is 7.76. The maximum absolute atomic E-state index is 5.76. The normalized spacial score (nSPS) is 10.3. The fraction of sp³-hybridized carbons (Fsp3) is 0.182. The van der Waals surface area contributed by atoms with Crippen molar-refractivity contribution >= 4 is 5.82 Å². The van der Waals surface area contributed by atoms with Gasteiger partial charge in [-0.05, 0) is 25.5 Å². The maximum atomic E-state index is 5.76. The van der Waals surface area contributed by atoms with Crippen molar-refractivity contribution in [2.45, 2.75) is 13.8 Å². The molecule has 2 aromatic rings. The van der Waals surface area contributed by atoms with Gasteiger partial charge in [-0.3, -0.25) is 0 Å². The van der Waals surface area contributed by atoms with Crippen LogP contribution in [0.25, 0.3) is 11.3 Å². The lowest BCUT2D eigenvalue weighted by Crippen LogP contribution is -1.99. The molecule has 2 N–H and O–H groups in total. The summed E-state index contributed by atoms with van der Waals surface area (Å²) < 4.78 is 0. The van der Waals surface area contributed by atoms with Gasteiger partial charge in [-0.2, -0.15) is 0 Å². The average molecular weight is 200 g/mol. The predicted molar refractivity (Wildman–Crippen MR) is 59.1 cm³/mol. The Morgan fingerprint density at radius 3 is 2.73 bits per heavy atom. The van der Waals surface area contributed by atoms with Gasteiger partial charge >= 0.3 is 0 Å². The van der Waals surface area contributed by atoms with Gasteiger partial charge in [-0.25, -0.2) is 4.98 Å². The Labute approximate surface area is 88.2 Å². The number of benzene rings is 1. The van der Waals surface area contributed by atoms with Crippen LogP contribution in [0.1, 0.15) is 11.1 Å². The van der Waals surface area contributed by atoms with Crippen LogP contribution in [0.5, 0.6) is 0 Å². The number of nitrogens with zero attached hydrogens (tertiary/aromatic N) is 3. The molecule has 15 heavy (non-hydrogen) atoms. The lowest BCUT2D eigenvalue weighted by Gasteiger charge is -2.06. The summed E-state index contributed by atoms with van der Waals surface area (Å²) in [5.41, 5.74) is 9.69. The van der Waals surface area contributed by atoms with Crippen molar-refractivity contribution in [3.05, 3.63) is 35.7 Å². The van der Waals surface area contributed by atoms with Crippen LogP contribution >= 0.6 is 0 Å². The van der Waals surface area contributed by atoms with Crippen LogP contribution < -0.4 is 5.73 Å². The molecule has 1 aromatic heterocycles. The van der Waals surface area contributed by atoms with Crippen LogP contribution in [0.2, 0.25) is 0 Å². The van der Waals surface area contributed by atoms with E-state index in [4.69, 9.17) is 5.73 Å².